The largest absolute Gasteiger partial charge is 0.497 e. The van der Waals surface area contributed by atoms with Gasteiger partial charge in [0.1, 0.15) is 11.5 Å². The summed E-state index contributed by atoms with van der Waals surface area (Å²) in [4.78, 5) is 50.1. The smallest absolute Gasteiger partial charge is 0.308 e. The summed E-state index contributed by atoms with van der Waals surface area (Å²) >= 11 is 0. The molecule has 0 aromatic heterocycles. The van der Waals surface area contributed by atoms with Gasteiger partial charge in [0.15, 0.2) is 6.61 Å². The van der Waals surface area contributed by atoms with Gasteiger partial charge in [-0.15, -0.1) is 0 Å². The molecule has 9 nitrogen and oxygen atoms in total. The molecule has 3 rings (SSSR count). The highest BCUT2D eigenvalue weighted by Crippen LogP contribution is 2.38. The van der Waals surface area contributed by atoms with Crippen LogP contribution >= 0.6 is 0 Å². The predicted molar refractivity (Wildman–Crippen MR) is 106 cm³/mol. The molecule has 9 heteroatoms. The number of carbonyl (C=O) groups is 4. The van der Waals surface area contributed by atoms with Gasteiger partial charge in [-0.2, -0.15) is 0 Å². The van der Waals surface area contributed by atoms with Gasteiger partial charge in [-0.3, -0.25) is 24.1 Å². The molecule has 3 amide bonds. The molecular formula is C21H26N2O7. The molecule has 1 saturated heterocycles. The molecule has 1 saturated carbocycles. The summed E-state index contributed by atoms with van der Waals surface area (Å²) in [6.07, 6.45) is 3.21. The van der Waals surface area contributed by atoms with Crippen LogP contribution in [0.1, 0.15) is 32.1 Å². The molecule has 2 aliphatic rings. The Bertz CT molecular complexity index is 815. The summed E-state index contributed by atoms with van der Waals surface area (Å²) in [5.41, 5.74) is 0.412. The number of fused-ring (bicyclic) bond motifs is 1. The van der Waals surface area contributed by atoms with E-state index in [0.29, 0.717) is 17.2 Å². The maximum Gasteiger partial charge on any atom is 0.308 e. The first-order chi connectivity index (χ1) is 14.4. The van der Waals surface area contributed by atoms with Crippen molar-refractivity contribution in [1.82, 2.24) is 4.90 Å². The average molecular weight is 418 g/mol. The Morgan fingerprint density at radius 3 is 2.33 bits per heavy atom. The number of nitrogens with zero attached hydrogens (tertiary/aromatic N) is 1. The molecule has 1 aliphatic heterocycles. The maximum atomic E-state index is 12.4. The summed E-state index contributed by atoms with van der Waals surface area (Å²) < 4.78 is 15.3. The predicted octanol–water partition coefficient (Wildman–Crippen LogP) is 1.75. The summed E-state index contributed by atoms with van der Waals surface area (Å²) in [6.45, 7) is -0.501. The lowest BCUT2D eigenvalue weighted by atomic mass is 9.81. The van der Waals surface area contributed by atoms with Crippen molar-refractivity contribution in [3.05, 3.63) is 18.2 Å². The number of ether oxygens (including phenoxy) is 3. The van der Waals surface area contributed by atoms with Crippen molar-refractivity contribution in [2.75, 3.05) is 32.7 Å². The first kappa shape index (κ1) is 21.6. The van der Waals surface area contributed by atoms with Crippen LogP contribution in [0.3, 0.4) is 0 Å². The quantitative estimate of drug-likeness (QED) is 0.506. The second-order valence-corrected chi connectivity index (χ2v) is 7.35. The number of rotatable bonds is 8. The van der Waals surface area contributed by atoms with Crippen molar-refractivity contribution < 1.29 is 33.4 Å². The van der Waals surface area contributed by atoms with Gasteiger partial charge in [0, 0.05) is 12.6 Å². The number of carbonyl (C=O) groups excluding carboxylic acids is 4. The number of nitrogens with one attached hydrogen (secondary N) is 1. The molecule has 0 spiro atoms. The van der Waals surface area contributed by atoms with E-state index in [4.69, 9.17) is 14.2 Å². The van der Waals surface area contributed by atoms with E-state index >= 15 is 0 Å². The number of anilines is 1. The SMILES string of the molecule is COc1ccc(NC(=O)COC(=O)CCN2C(=O)[C@H]3CCCC[C@@H]3C2=O)c(OC)c1. The van der Waals surface area contributed by atoms with Crippen LogP contribution in [0.5, 0.6) is 11.5 Å². The Balaban J connectivity index is 1.45. The summed E-state index contributed by atoms with van der Waals surface area (Å²) in [7, 11) is 2.98. The number of esters is 1. The van der Waals surface area contributed by atoms with Crippen LogP contribution in [0.2, 0.25) is 0 Å². The molecular weight excluding hydrogens is 392 g/mol. The molecule has 1 heterocycles. The third kappa shape index (κ3) is 4.72. The highest BCUT2D eigenvalue weighted by Gasteiger charge is 2.47. The molecule has 1 aromatic carbocycles. The number of likely N-dealkylation sites (tertiary alicyclic amines) is 1. The van der Waals surface area contributed by atoms with Crippen molar-refractivity contribution in [3.8, 4) is 11.5 Å². The fourth-order valence-electron chi connectivity index (χ4n) is 3.96. The molecule has 0 radical (unpaired) electrons. The number of methoxy groups -OCH3 is 2. The maximum absolute atomic E-state index is 12.4. The van der Waals surface area contributed by atoms with Crippen molar-refractivity contribution in [1.29, 1.82) is 0 Å². The standard InChI is InChI=1S/C21H26N2O7/c1-28-13-7-8-16(17(11-13)29-2)22-18(24)12-30-19(25)9-10-23-20(26)14-5-3-4-6-15(14)21(23)27/h7-8,11,14-15H,3-6,9-10,12H2,1-2H3,(H,22,24)/t14-,15-/m0/s1. The lowest BCUT2D eigenvalue weighted by Crippen LogP contribution is -2.33. The minimum atomic E-state index is -0.651. The third-order valence-corrected chi connectivity index (χ3v) is 5.52. The van der Waals surface area contributed by atoms with Gasteiger partial charge in [0.2, 0.25) is 11.8 Å². The molecule has 1 aromatic rings. The Labute approximate surface area is 174 Å². The van der Waals surface area contributed by atoms with Crippen LogP contribution < -0.4 is 14.8 Å². The van der Waals surface area contributed by atoms with Crippen LogP contribution in [0.4, 0.5) is 5.69 Å². The van der Waals surface area contributed by atoms with Gasteiger partial charge in [0.25, 0.3) is 5.91 Å². The second-order valence-electron chi connectivity index (χ2n) is 7.35. The van der Waals surface area contributed by atoms with E-state index in [1.807, 2.05) is 0 Å². The average Bonchev–Trinajstić information content (AvgIpc) is 3.01. The molecule has 2 fully saturated rings. The second kappa shape index (κ2) is 9.60. The Hall–Kier alpha value is -3.10. The molecule has 162 valence electrons. The summed E-state index contributed by atoms with van der Waals surface area (Å²) in [6, 6.07) is 4.89. The van der Waals surface area contributed by atoms with Crippen LogP contribution in [0.25, 0.3) is 0 Å². The van der Waals surface area contributed by atoms with Gasteiger partial charge in [-0.25, -0.2) is 0 Å². The van der Waals surface area contributed by atoms with E-state index < -0.39 is 18.5 Å². The number of hydrogen-bond acceptors (Lipinski definition) is 7. The fraction of sp³-hybridized carbons (Fsp3) is 0.524. The first-order valence-corrected chi connectivity index (χ1v) is 9.97. The van der Waals surface area contributed by atoms with Crippen molar-refractivity contribution >= 4 is 29.4 Å². The Morgan fingerprint density at radius 2 is 1.73 bits per heavy atom. The van der Waals surface area contributed by atoms with Crippen LogP contribution in [0, 0.1) is 11.8 Å². The summed E-state index contributed by atoms with van der Waals surface area (Å²) in [5, 5.41) is 2.60. The van der Waals surface area contributed by atoms with Crippen LogP contribution in [-0.2, 0) is 23.9 Å². The number of amides is 3. The third-order valence-electron chi connectivity index (χ3n) is 5.52. The lowest BCUT2D eigenvalue weighted by molar-refractivity contribution is -0.148. The zero-order valence-electron chi connectivity index (χ0n) is 17.1. The van der Waals surface area contributed by atoms with Gasteiger partial charge < -0.3 is 19.5 Å². The summed E-state index contributed by atoms with van der Waals surface area (Å²) in [5.74, 6) is -1.08. The molecule has 0 bridgehead atoms. The first-order valence-electron chi connectivity index (χ1n) is 9.97. The van der Waals surface area contributed by atoms with Crippen LogP contribution in [0.15, 0.2) is 18.2 Å². The van der Waals surface area contributed by atoms with E-state index in [-0.39, 0.29) is 36.6 Å². The molecule has 1 N–H and O–H groups in total. The van der Waals surface area contributed by atoms with E-state index in [1.54, 1.807) is 18.2 Å². The Kier molecular flexibility index (Phi) is 6.91. The minimum absolute atomic E-state index is 0.0164. The monoisotopic (exact) mass is 418 g/mol. The normalized spacial score (nSPS) is 20.5. The van der Waals surface area contributed by atoms with E-state index in [1.165, 1.54) is 19.1 Å². The zero-order chi connectivity index (χ0) is 21.7. The van der Waals surface area contributed by atoms with Crippen molar-refractivity contribution in [2.24, 2.45) is 11.8 Å². The highest BCUT2D eigenvalue weighted by atomic mass is 16.5. The number of benzene rings is 1. The van der Waals surface area contributed by atoms with Crippen LogP contribution in [-0.4, -0.2) is 56.0 Å². The van der Waals surface area contributed by atoms with Gasteiger partial charge in [0.05, 0.1) is 38.2 Å². The van der Waals surface area contributed by atoms with E-state index in [9.17, 15) is 19.2 Å². The van der Waals surface area contributed by atoms with Gasteiger partial charge in [-0.05, 0) is 25.0 Å². The van der Waals surface area contributed by atoms with Crippen molar-refractivity contribution in [3.63, 3.8) is 0 Å². The van der Waals surface area contributed by atoms with Gasteiger partial charge in [-0.1, -0.05) is 12.8 Å². The lowest BCUT2D eigenvalue weighted by Gasteiger charge is -2.19. The van der Waals surface area contributed by atoms with E-state index in [2.05, 4.69) is 5.32 Å². The highest BCUT2D eigenvalue weighted by molar-refractivity contribution is 6.05. The number of imide groups is 1. The molecule has 0 unspecified atom stereocenters. The van der Waals surface area contributed by atoms with E-state index in [0.717, 1.165) is 25.7 Å². The molecule has 1 aliphatic carbocycles. The number of hydrogen-bond donors (Lipinski definition) is 1. The molecule has 2 atom stereocenters. The van der Waals surface area contributed by atoms with Gasteiger partial charge >= 0.3 is 5.97 Å². The van der Waals surface area contributed by atoms with Crippen molar-refractivity contribution in [2.45, 2.75) is 32.1 Å². The molecule has 30 heavy (non-hydrogen) atoms. The minimum Gasteiger partial charge on any atom is -0.497 e. The zero-order valence-corrected chi connectivity index (χ0v) is 17.1. The fourth-order valence-corrected chi connectivity index (χ4v) is 3.96. The Morgan fingerprint density at radius 1 is 1.07 bits per heavy atom. The topological polar surface area (TPSA) is 111 Å².